The first-order valence-electron chi connectivity index (χ1n) is 3.00. The number of ether oxygens (including phenoxy) is 1. The average molecular weight is 148 g/mol. The van der Waals surface area contributed by atoms with Gasteiger partial charge in [0, 0.05) is 5.25 Å². The van der Waals surface area contributed by atoms with Crippen LogP contribution < -0.4 is 0 Å². The standard InChI is InChI=1S/C6H12O2S/c1-3-8-6(7)4-5(2)9/h5,9H,3-4H2,1-2H3. The van der Waals surface area contributed by atoms with E-state index in [9.17, 15) is 4.79 Å². The van der Waals surface area contributed by atoms with Crippen LogP contribution >= 0.6 is 12.6 Å². The van der Waals surface area contributed by atoms with Crippen LogP contribution in [0.1, 0.15) is 20.3 Å². The van der Waals surface area contributed by atoms with E-state index in [4.69, 9.17) is 0 Å². The Morgan fingerprint density at radius 1 is 1.78 bits per heavy atom. The van der Waals surface area contributed by atoms with Crippen LogP contribution in [0.3, 0.4) is 0 Å². The summed E-state index contributed by atoms with van der Waals surface area (Å²) in [6.45, 7) is 4.11. The number of rotatable bonds is 3. The van der Waals surface area contributed by atoms with Crippen LogP contribution in [-0.2, 0) is 9.53 Å². The SMILES string of the molecule is CCOC(=O)CC(C)S. The van der Waals surface area contributed by atoms with Gasteiger partial charge >= 0.3 is 5.97 Å². The molecule has 0 saturated carbocycles. The largest absolute Gasteiger partial charge is 0.466 e. The molecule has 0 amide bonds. The van der Waals surface area contributed by atoms with Gasteiger partial charge in [0.25, 0.3) is 0 Å². The fourth-order valence-corrected chi connectivity index (χ4v) is 0.610. The molecule has 0 aromatic carbocycles. The van der Waals surface area contributed by atoms with Gasteiger partial charge in [0.1, 0.15) is 0 Å². The van der Waals surface area contributed by atoms with E-state index in [0.29, 0.717) is 13.0 Å². The smallest absolute Gasteiger partial charge is 0.306 e. The molecule has 0 fully saturated rings. The fourth-order valence-electron chi connectivity index (χ4n) is 0.461. The highest BCUT2D eigenvalue weighted by atomic mass is 32.1. The van der Waals surface area contributed by atoms with Gasteiger partial charge in [0.15, 0.2) is 0 Å². The second kappa shape index (κ2) is 4.68. The van der Waals surface area contributed by atoms with Crippen molar-refractivity contribution in [3.8, 4) is 0 Å². The van der Waals surface area contributed by atoms with Gasteiger partial charge in [-0.2, -0.15) is 12.6 Å². The molecule has 0 aliphatic rings. The second-order valence-corrected chi connectivity index (χ2v) is 2.74. The Morgan fingerprint density at radius 2 is 2.33 bits per heavy atom. The fraction of sp³-hybridized carbons (Fsp3) is 0.833. The van der Waals surface area contributed by atoms with Gasteiger partial charge in [-0.15, -0.1) is 0 Å². The van der Waals surface area contributed by atoms with E-state index in [1.54, 1.807) is 6.92 Å². The Bertz CT molecular complexity index is 91.1. The molecular formula is C6H12O2S. The van der Waals surface area contributed by atoms with Gasteiger partial charge in [-0.1, -0.05) is 6.92 Å². The molecular weight excluding hydrogens is 136 g/mol. The first-order chi connectivity index (χ1) is 4.16. The van der Waals surface area contributed by atoms with Crippen molar-refractivity contribution in [3.63, 3.8) is 0 Å². The van der Waals surface area contributed by atoms with E-state index in [1.807, 2.05) is 6.92 Å². The molecule has 0 N–H and O–H groups in total. The predicted octanol–water partition coefficient (Wildman–Crippen LogP) is 1.26. The average Bonchev–Trinajstić information content (AvgIpc) is 1.63. The maximum Gasteiger partial charge on any atom is 0.306 e. The van der Waals surface area contributed by atoms with Crippen molar-refractivity contribution in [2.24, 2.45) is 0 Å². The minimum Gasteiger partial charge on any atom is -0.466 e. The lowest BCUT2D eigenvalue weighted by atomic mass is 10.3. The van der Waals surface area contributed by atoms with Crippen molar-refractivity contribution < 1.29 is 9.53 Å². The molecule has 0 rings (SSSR count). The number of hydrogen-bond acceptors (Lipinski definition) is 3. The Morgan fingerprint density at radius 3 is 2.67 bits per heavy atom. The highest BCUT2D eigenvalue weighted by molar-refractivity contribution is 7.80. The van der Waals surface area contributed by atoms with Crippen LogP contribution in [0.25, 0.3) is 0 Å². The van der Waals surface area contributed by atoms with Crippen LogP contribution in [0.2, 0.25) is 0 Å². The van der Waals surface area contributed by atoms with Crippen molar-refractivity contribution in [1.82, 2.24) is 0 Å². The molecule has 0 saturated heterocycles. The minimum atomic E-state index is -0.167. The van der Waals surface area contributed by atoms with E-state index in [0.717, 1.165) is 0 Å². The molecule has 9 heavy (non-hydrogen) atoms. The zero-order chi connectivity index (χ0) is 7.28. The van der Waals surface area contributed by atoms with E-state index in [1.165, 1.54) is 0 Å². The van der Waals surface area contributed by atoms with Crippen molar-refractivity contribution in [2.45, 2.75) is 25.5 Å². The monoisotopic (exact) mass is 148 g/mol. The topological polar surface area (TPSA) is 26.3 Å². The lowest BCUT2D eigenvalue weighted by molar-refractivity contribution is -0.142. The molecule has 0 spiro atoms. The van der Waals surface area contributed by atoms with E-state index in [-0.39, 0.29) is 11.2 Å². The number of carbonyl (C=O) groups excluding carboxylic acids is 1. The van der Waals surface area contributed by atoms with Gasteiger partial charge in [-0.05, 0) is 6.92 Å². The highest BCUT2D eigenvalue weighted by Gasteiger charge is 2.03. The lowest BCUT2D eigenvalue weighted by Crippen LogP contribution is -2.08. The zero-order valence-electron chi connectivity index (χ0n) is 5.76. The molecule has 0 heterocycles. The van der Waals surface area contributed by atoms with E-state index >= 15 is 0 Å². The molecule has 0 aromatic heterocycles. The Balaban J connectivity index is 3.27. The number of hydrogen-bond donors (Lipinski definition) is 1. The Labute approximate surface area is 61.0 Å². The maximum atomic E-state index is 10.6. The van der Waals surface area contributed by atoms with Crippen LogP contribution in [0.5, 0.6) is 0 Å². The summed E-state index contributed by atoms with van der Waals surface area (Å²) in [6.07, 6.45) is 0.400. The molecule has 1 unspecified atom stereocenters. The minimum absolute atomic E-state index is 0.101. The van der Waals surface area contributed by atoms with Crippen LogP contribution in [0.4, 0.5) is 0 Å². The molecule has 0 radical (unpaired) electrons. The summed E-state index contributed by atoms with van der Waals surface area (Å²) in [6, 6.07) is 0. The summed E-state index contributed by atoms with van der Waals surface area (Å²) in [5.41, 5.74) is 0. The van der Waals surface area contributed by atoms with Gasteiger partial charge in [0.2, 0.25) is 0 Å². The Hall–Kier alpha value is -0.180. The molecule has 0 bridgehead atoms. The summed E-state index contributed by atoms with van der Waals surface area (Å²) < 4.78 is 4.66. The molecule has 1 atom stereocenters. The van der Waals surface area contributed by atoms with Gasteiger partial charge in [-0.3, -0.25) is 4.79 Å². The van der Waals surface area contributed by atoms with Crippen molar-refractivity contribution in [3.05, 3.63) is 0 Å². The van der Waals surface area contributed by atoms with Crippen LogP contribution in [0.15, 0.2) is 0 Å². The highest BCUT2D eigenvalue weighted by Crippen LogP contribution is 1.99. The summed E-state index contributed by atoms with van der Waals surface area (Å²) in [5.74, 6) is -0.167. The summed E-state index contributed by atoms with van der Waals surface area (Å²) >= 11 is 4.03. The molecule has 0 aliphatic carbocycles. The van der Waals surface area contributed by atoms with Crippen LogP contribution in [0, 0.1) is 0 Å². The maximum absolute atomic E-state index is 10.6. The third kappa shape index (κ3) is 5.69. The molecule has 0 aliphatic heterocycles. The first kappa shape index (κ1) is 8.82. The zero-order valence-corrected chi connectivity index (χ0v) is 6.65. The van der Waals surface area contributed by atoms with E-state index in [2.05, 4.69) is 17.4 Å². The first-order valence-corrected chi connectivity index (χ1v) is 3.52. The van der Waals surface area contributed by atoms with Gasteiger partial charge in [0.05, 0.1) is 13.0 Å². The molecule has 54 valence electrons. The third-order valence-corrected chi connectivity index (χ3v) is 0.950. The number of carbonyl (C=O) groups is 1. The van der Waals surface area contributed by atoms with Crippen molar-refractivity contribution in [2.75, 3.05) is 6.61 Å². The van der Waals surface area contributed by atoms with Crippen molar-refractivity contribution >= 4 is 18.6 Å². The summed E-state index contributed by atoms with van der Waals surface area (Å²) in [5, 5.41) is 0.101. The second-order valence-electron chi connectivity index (χ2n) is 1.86. The predicted molar refractivity (Wildman–Crippen MR) is 39.7 cm³/mol. The van der Waals surface area contributed by atoms with Crippen molar-refractivity contribution in [1.29, 1.82) is 0 Å². The Kier molecular flexibility index (Phi) is 4.58. The summed E-state index contributed by atoms with van der Waals surface area (Å²) in [7, 11) is 0. The third-order valence-electron chi connectivity index (χ3n) is 0.767. The van der Waals surface area contributed by atoms with E-state index < -0.39 is 0 Å². The van der Waals surface area contributed by atoms with Gasteiger partial charge < -0.3 is 4.74 Å². The number of esters is 1. The lowest BCUT2D eigenvalue weighted by Gasteiger charge is -2.01. The normalized spacial score (nSPS) is 12.8. The number of thiol groups is 1. The molecule has 0 aromatic rings. The summed E-state index contributed by atoms with van der Waals surface area (Å²) in [4.78, 5) is 10.6. The molecule has 3 heteroatoms. The quantitative estimate of drug-likeness (QED) is 0.481. The van der Waals surface area contributed by atoms with Crippen LogP contribution in [-0.4, -0.2) is 17.8 Å². The van der Waals surface area contributed by atoms with Gasteiger partial charge in [-0.25, -0.2) is 0 Å². The molecule has 2 nitrogen and oxygen atoms in total.